The van der Waals surface area contributed by atoms with Crippen LogP contribution in [0.4, 0.5) is 0 Å². The molecule has 274 valence electrons. The maximum atomic E-state index is 2.72. The van der Waals surface area contributed by atoms with Gasteiger partial charge in [-0.15, -0.1) is 0 Å². The van der Waals surface area contributed by atoms with E-state index in [1.54, 1.807) is 16.7 Å². The first-order valence-electron chi connectivity index (χ1n) is 22.3. The monoisotopic (exact) mass is 698 g/mol. The highest BCUT2D eigenvalue weighted by atomic mass is 14.5. The Morgan fingerprint density at radius 3 is 1.87 bits per heavy atom. The lowest BCUT2D eigenvalue weighted by Crippen LogP contribution is -2.32. The van der Waals surface area contributed by atoms with Crippen molar-refractivity contribution in [2.24, 2.45) is 59.2 Å². The fraction of sp³-hybridized carbons (Fsp3) is 0.509. The molecule has 0 N–H and O–H groups in total. The SMILES string of the molecule is C1=CC2C(CC(CC3CCCCC3)C2CC2C(CC3CCCCC3)CC3C(c4cccc5ccccc45)=CC=CC32)C(C2=c3ccccc3=CCC2)=C1. The lowest BCUT2D eigenvalue weighted by atomic mass is 9.68. The van der Waals surface area contributed by atoms with Gasteiger partial charge in [-0.3, -0.25) is 0 Å². The third-order valence-electron chi connectivity index (χ3n) is 16.0. The zero-order valence-corrected chi connectivity index (χ0v) is 32.2. The third-order valence-corrected chi connectivity index (χ3v) is 16.0. The Morgan fingerprint density at radius 1 is 0.547 bits per heavy atom. The van der Waals surface area contributed by atoms with Crippen LogP contribution in [0, 0.1) is 59.2 Å². The van der Waals surface area contributed by atoms with Crippen molar-refractivity contribution >= 4 is 28.0 Å². The lowest BCUT2D eigenvalue weighted by Gasteiger charge is -2.36. The van der Waals surface area contributed by atoms with Crippen molar-refractivity contribution in [2.75, 3.05) is 0 Å². The van der Waals surface area contributed by atoms with Crippen molar-refractivity contribution in [1.82, 2.24) is 0 Å². The second-order valence-electron chi connectivity index (χ2n) is 18.8. The fourth-order valence-electron chi connectivity index (χ4n) is 13.7. The van der Waals surface area contributed by atoms with Crippen molar-refractivity contribution in [3.8, 4) is 0 Å². The topological polar surface area (TPSA) is 0 Å². The predicted molar refractivity (Wildman–Crippen MR) is 225 cm³/mol. The minimum atomic E-state index is 0.654. The van der Waals surface area contributed by atoms with Gasteiger partial charge in [0.1, 0.15) is 0 Å². The van der Waals surface area contributed by atoms with Gasteiger partial charge in [-0.25, -0.2) is 0 Å². The molecule has 7 aliphatic carbocycles. The average Bonchev–Trinajstić information content (AvgIpc) is 3.75. The number of rotatable bonds is 8. The maximum absolute atomic E-state index is 2.72. The molecule has 0 spiro atoms. The zero-order valence-electron chi connectivity index (χ0n) is 32.2. The van der Waals surface area contributed by atoms with Gasteiger partial charge in [0.2, 0.25) is 0 Å². The maximum Gasteiger partial charge on any atom is -0.00872 e. The summed E-state index contributed by atoms with van der Waals surface area (Å²) in [5, 5.41) is 5.82. The van der Waals surface area contributed by atoms with Gasteiger partial charge < -0.3 is 0 Å². The van der Waals surface area contributed by atoms with E-state index in [-0.39, 0.29) is 0 Å². The van der Waals surface area contributed by atoms with E-state index in [0.29, 0.717) is 23.7 Å². The average molecular weight is 699 g/mol. The molecule has 4 saturated carbocycles. The summed E-state index contributed by atoms with van der Waals surface area (Å²) in [4.78, 5) is 0. The Hall–Kier alpha value is -3.38. The molecule has 3 aromatic rings. The fourth-order valence-corrected chi connectivity index (χ4v) is 13.7. The Labute approximate surface area is 319 Å². The molecular weight excluding hydrogens is 637 g/mol. The zero-order chi connectivity index (χ0) is 35.1. The molecule has 0 saturated heterocycles. The molecule has 53 heavy (non-hydrogen) atoms. The molecule has 0 radical (unpaired) electrons. The first-order chi connectivity index (χ1) is 26.3. The van der Waals surface area contributed by atoms with E-state index in [1.165, 1.54) is 136 Å². The van der Waals surface area contributed by atoms with Gasteiger partial charge in [0.15, 0.2) is 0 Å². The van der Waals surface area contributed by atoms with Crippen LogP contribution in [0.2, 0.25) is 0 Å². The van der Waals surface area contributed by atoms with E-state index in [4.69, 9.17) is 0 Å². The molecule has 0 nitrogen and oxygen atoms in total. The van der Waals surface area contributed by atoms with Gasteiger partial charge in [-0.05, 0) is 148 Å². The number of benzene rings is 3. The summed E-state index contributed by atoms with van der Waals surface area (Å²) in [6.07, 6.45) is 42.4. The van der Waals surface area contributed by atoms with Crippen molar-refractivity contribution in [3.63, 3.8) is 0 Å². The molecule has 7 aliphatic rings. The summed E-state index contributed by atoms with van der Waals surface area (Å²) in [5.41, 5.74) is 6.54. The predicted octanol–water partition coefficient (Wildman–Crippen LogP) is 12.8. The van der Waals surface area contributed by atoms with Gasteiger partial charge in [0.25, 0.3) is 0 Å². The summed E-state index contributed by atoms with van der Waals surface area (Å²) in [7, 11) is 0. The van der Waals surface area contributed by atoms with E-state index in [1.807, 2.05) is 0 Å². The Balaban J connectivity index is 1.00. The van der Waals surface area contributed by atoms with Crippen molar-refractivity contribution in [2.45, 2.75) is 109 Å². The molecule has 0 bridgehead atoms. The molecule has 8 atom stereocenters. The molecule has 0 amide bonds. The third kappa shape index (κ3) is 6.59. The Morgan fingerprint density at radius 2 is 1.15 bits per heavy atom. The smallest absolute Gasteiger partial charge is 0.00872 e. The molecule has 0 aromatic heterocycles. The van der Waals surface area contributed by atoms with E-state index in [9.17, 15) is 0 Å². The molecule has 0 heteroatoms. The van der Waals surface area contributed by atoms with Gasteiger partial charge in [-0.1, -0.05) is 173 Å². The van der Waals surface area contributed by atoms with Gasteiger partial charge in [0.05, 0.1) is 0 Å². The van der Waals surface area contributed by atoms with Crippen molar-refractivity contribution in [3.05, 3.63) is 125 Å². The highest BCUT2D eigenvalue weighted by Gasteiger charge is 2.51. The van der Waals surface area contributed by atoms with Crippen molar-refractivity contribution in [1.29, 1.82) is 0 Å². The normalized spacial score (nSPS) is 32.9. The molecular formula is C53H62. The molecule has 4 fully saturated rings. The van der Waals surface area contributed by atoms with Crippen LogP contribution in [0.1, 0.15) is 115 Å². The second-order valence-corrected chi connectivity index (χ2v) is 18.8. The summed E-state index contributed by atoms with van der Waals surface area (Å²) < 4.78 is 0. The summed E-state index contributed by atoms with van der Waals surface area (Å²) in [6, 6.07) is 25.5. The highest BCUT2D eigenvalue weighted by molar-refractivity contribution is 5.95. The van der Waals surface area contributed by atoms with Crippen LogP contribution in [0.5, 0.6) is 0 Å². The van der Waals surface area contributed by atoms with E-state index in [0.717, 1.165) is 35.5 Å². The number of hydrogen-bond donors (Lipinski definition) is 0. The van der Waals surface area contributed by atoms with E-state index in [2.05, 4.69) is 109 Å². The van der Waals surface area contributed by atoms with Gasteiger partial charge in [0, 0.05) is 0 Å². The molecule has 0 heterocycles. The van der Waals surface area contributed by atoms with Crippen LogP contribution in [-0.2, 0) is 0 Å². The highest BCUT2D eigenvalue weighted by Crippen LogP contribution is 2.60. The number of fused-ring (bicyclic) bond motifs is 4. The Kier molecular flexibility index (Phi) is 9.69. The van der Waals surface area contributed by atoms with E-state index < -0.39 is 0 Å². The van der Waals surface area contributed by atoms with Crippen LogP contribution in [0.3, 0.4) is 0 Å². The van der Waals surface area contributed by atoms with E-state index >= 15 is 0 Å². The summed E-state index contributed by atoms with van der Waals surface area (Å²) in [6.45, 7) is 0. The minimum absolute atomic E-state index is 0.654. The standard InChI is InChI=1S/C53H62/c1-3-15-36(16-4-1)31-40-33-52-46(44-25-11-21-38-19-7-9-23-42(38)44)27-13-29-48(52)50(40)35-51-41(32-37-17-5-2-6-18-37)34-53-47(28-14-30-49(51)53)45-26-12-22-39-20-8-10-24-43(39)45/h7-11,13-14,19-25,27-30,36-37,40-41,48-53H,1-6,12,15-18,26,31-35H2. The first kappa shape index (κ1) is 34.1. The molecule has 8 unspecified atom stereocenters. The number of allylic oxidation sites excluding steroid dienone is 8. The Bertz CT molecular complexity index is 2030. The van der Waals surface area contributed by atoms with Crippen LogP contribution in [0.25, 0.3) is 28.0 Å². The summed E-state index contributed by atoms with van der Waals surface area (Å²) >= 11 is 0. The summed E-state index contributed by atoms with van der Waals surface area (Å²) in [5.74, 6) is 7.95. The molecule has 0 aliphatic heterocycles. The van der Waals surface area contributed by atoms with Crippen LogP contribution < -0.4 is 10.4 Å². The molecule has 10 rings (SSSR count). The first-order valence-corrected chi connectivity index (χ1v) is 22.3. The van der Waals surface area contributed by atoms with Crippen LogP contribution in [-0.4, -0.2) is 0 Å². The van der Waals surface area contributed by atoms with Gasteiger partial charge in [-0.2, -0.15) is 0 Å². The quantitative estimate of drug-likeness (QED) is 0.220. The van der Waals surface area contributed by atoms with Crippen molar-refractivity contribution < 1.29 is 0 Å². The lowest BCUT2D eigenvalue weighted by molar-refractivity contribution is 0.164. The van der Waals surface area contributed by atoms with Crippen LogP contribution >= 0.6 is 0 Å². The number of hydrogen-bond acceptors (Lipinski definition) is 0. The largest absolute Gasteiger partial charge is 0.0805 e. The molecule has 3 aromatic carbocycles. The van der Waals surface area contributed by atoms with Crippen LogP contribution in [0.15, 0.2) is 109 Å². The van der Waals surface area contributed by atoms with Gasteiger partial charge >= 0.3 is 0 Å². The minimum Gasteiger partial charge on any atom is -0.0805 e. The second kappa shape index (κ2) is 15.0.